The molecule has 1 aliphatic heterocycles. The summed E-state index contributed by atoms with van der Waals surface area (Å²) in [5, 5.41) is 0. The Morgan fingerprint density at radius 2 is 2.07 bits per heavy atom. The molecule has 1 atom stereocenters. The molecule has 1 aromatic heterocycles. The SMILES string of the molecule is CNS(=O)(=O)c1cc(C(=O)N2CCCC2c2nc3ccccc3[nH]2)ccc1OC. The largest absolute Gasteiger partial charge is 0.495 e. The molecular formula is C20H22N4O4S. The number of likely N-dealkylation sites (tertiary alicyclic amines) is 1. The minimum Gasteiger partial charge on any atom is -0.495 e. The van der Waals surface area contributed by atoms with Crippen molar-refractivity contribution in [1.82, 2.24) is 19.6 Å². The Balaban J connectivity index is 1.69. The van der Waals surface area contributed by atoms with Crippen LogP contribution >= 0.6 is 0 Å². The summed E-state index contributed by atoms with van der Waals surface area (Å²) in [6, 6.07) is 12.0. The minimum atomic E-state index is -3.77. The fraction of sp³-hybridized carbons (Fsp3) is 0.300. The number of carbonyl (C=O) groups is 1. The molecule has 2 aromatic carbocycles. The van der Waals surface area contributed by atoms with E-state index in [1.165, 1.54) is 26.3 Å². The van der Waals surface area contributed by atoms with Crippen LogP contribution in [0.4, 0.5) is 0 Å². The second-order valence-electron chi connectivity index (χ2n) is 6.87. The van der Waals surface area contributed by atoms with E-state index < -0.39 is 10.0 Å². The van der Waals surface area contributed by atoms with Gasteiger partial charge < -0.3 is 14.6 Å². The second-order valence-corrected chi connectivity index (χ2v) is 8.72. The number of carbonyl (C=O) groups excluding carboxylic acids is 1. The first-order valence-corrected chi connectivity index (χ1v) is 10.8. The Kier molecular flexibility index (Phi) is 5.01. The van der Waals surface area contributed by atoms with Crippen LogP contribution in [-0.2, 0) is 10.0 Å². The summed E-state index contributed by atoms with van der Waals surface area (Å²) < 4.78 is 32.1. The molecule has 1 amide bonds. The van der Waals surface area contributed by atoms with E-state index >= 15 is 0 Å². The molecule has 8 nitrogen and oxygen atoms in total. The van der Waals surface area contributed by atoms with Gasteiger partial charge in [0, 0.05) is 12.1 Å². The lowest BCUT2D eigenvalue weighted by atomic mass is 10.1. The van der Waals surface area contributed by atoms with Gasteiger partial charge in [-0.05, 0) is 50.2 Å². The van der Waals surface area contributed by atoms with Crippen LogP contribution in [-0.4, -0.2) is 49.9 Å². The zero-order valence-corrected chi connectivity index (χ0v) is 17.0. The maximum absolute atomic E-state index is 13.2. The maximum atomic E-state index is 13.2. The number of hydrogen-bond acceptors (Lipinski definition) is 5. The molecule has 1 unspecified atom stereocenters. The Hall–Kier alpha value is -2.91. The van der Waals surface area contributed by atoms with Crippen LogP contribution in [0.15, 0.2) is 47.4 Å². The molecule has 0 radical (unpaired) electrons. The van der Waals surface area contributed by atoms with Gasteiger partial charge in [-0.2, -0.15) is 0 Å². The number of aromatic amines is 1. The van der Waals surface area contributed by atoms with Gasteiger partial charge in [-0.3, -0.25) is 4.79 Å². The summed E-state index contributed by atoms with van der Waals surface area (Å²) in [6.07, 6.45) is 1.65. The number of amides is 1. The van der Waals surface area contributed by atoms with E-state index in [0.29, 0.717) is 12.1 Å². The number of nitrogens with one attached hydrogen (secondary N) is 2. The molecule has 9 heteroatoms. The average Bonchev–Trinajstić information content (AvgIpc) is 3.39. The lowest BCUT2D eigenvalue weighted by molar-refractivity contribution is 0.0730. The van der Waals surface area contributed by atoms with Crippen LogP contribution in [0.2, 0.25) is 0 Å². The van der Waals surface area contributed by atoms with E-state index in [0.717, 1.165) is 29.7 Å². The van der Waals surface area contributed by atoms with Crippen LogP contribution < -0.4 is 9.46 Å². The van der Waals surface area contributed by atoms with E-state index in [1.54, 1.807) is 11.0 Å². The normalized spacial score (nSPS) is 17.0. The third kappa shape index (κ3) is 3.47. The van der Waals surface area contributed by atoms with Crippen LogP contribution in [0.25, 0.3) is 11.0 Å². The zero-order valence-electron chi connectivity index (χ0n) is 16.2. The fourth-order valence-corrected chi connectivity index (χ4v) is 4.64. The van der Waals surface area contributed by atoms with Gasteiger partial charge in [0.15, 0.2) is 0 Å². The summed E-state index contributed by atoms with van der Waals surface area (Å²) in [5.41, 5.74) is 2.07. The predicted molar refractivity (Wildman–Crippen MR) is 108 cm³/mol. The van der Waals surface area contributed by atoms with Crippen LogP contribution in [0.3, 0.4) is 0 Å². The lowest BCUT2D eigenvalue weighted by Crippen LogP contribution is -2.31. The van der Waals surface area contributed by atoms with Crippen molar-refractivity contribution in [3.05, 3.63) is 53.9 Å². The van der Waals surface area contributed by atoms with Gasteiger partial charge >= 0.3 is 0 Å². The van der Waals surface area contributed by atoms with Crippen molar-refractivity contribution in [2.24, 2.45) is 0 Å². The summed E-state index contributed by atoms with van der Waals surface area (Å²) in [4.78, 5) is 22.9. The first-order valence-electron chi connectivity index (χ1n) is 9.32. The molecule has 0 bridgehead atoms. The number of rotatable bonds is 5. The quantitative estimate of drug-likeness (QED) is 0.667. The van der Waals surface area contributed by atoms with Crippen LogP contribution in [0, 0.1) is 0 Å². The standard InChI is InChI=1S/C20H22N4O4S/c1-21-29(26,27)18-12-13(9-10-17(18)28-2)20(25)24-11-5-8-16(24)19-22-14-6-3-4-7-15(14)23-19/h3-4,6-7,9-10,12,16,21H,5,8,11H2,1-2H3,(H,22,23). The van der Waals surface area contributed by atoms with Crippen molar-refractivity contribution in [2.75, 3.05) is 20.7 Å². The van der Waals surface area contributed by atoms with E-state index in [-0.39, 0.29) is 22.6 Å². The number of ether oxygens (including phenoxy) is 1. The molecule has 2 heterocycles. The molecular weight excluding hydrogens is 392 g/mol. The molecule has 0 saturated carbocycles. The van der Waals surface area contributed by atoms with Gasteiger partial charge in [0.2, 0.25) is 10.0 Å². The van der Waals surface area contributed by atoms with Crippen molar-refractivity contribution in [1.29, 1.82) is 0 Å². The van der Waals surface area contributed by atoms with E-state index in [2.05, 4.69) is 14.7 Å². The molecule has 1 saturated heterocycles. The number of nitrogens with zero attached hydrogens (tertiary/aromatic N) is 2. The minimum absolute atomic E-state index is 0.0622. The van der Waals surface area contributed by atoms with Crippen molar-refractivity contribution < 1.29 is 17.9 Å². The number of benzene rings is 2. The van der Waals surface area contributed by atoms with Gasteiger partial charge in [-0.15, -0.1) is 0 Å². The summed E-state index contributed by atoms with van der Waals surface area (Å²) in [5.74, 6) is 0.697. The highest BCUT2D eigenvalue weighted by atomic mass is 32.2. The third-order valence-electron chi connectivity index (χ3n) is 5.21. The highest BCUT2D eigenvalue weighted by Crippen LogP contribution is 2.34. The smallest absolute Gasteiger partial charge is 0.254 e. The Morgan fingerprint density at radius 1 is 1.28 bits per heavy atom. The number of hydrogen-bond donors (Lipinski definition) is 2. The van der Waals surface area contributed by atoms with Gasteiger partial charge in [0.05, 0.1) is 24.2 Å². The van der Waals surface area contributed by atoms with Gasteiger partial charge in [-0.25, -0.2) is 18.1 Å². The molecule has 3 aromatic rings. The molecule has 1 aliphatic rings. The number of imidazole rings is 1. The number of methoxy groups -OCH3 is 1. The number of sulfonamides is 1. The molecule has 29 heavy (non-hydrogen) atoms. The Morgan fingerprint density at radius 3 is 2.79 bits per heavy atom. The molecule has 152 valence electrons. The monoisotopic (exact) mass is 414 g/mol. The van der Waals surface area contributed by atoms with E-state index in [4.69, 9.17) is 4.74 Å². The second kappa shape index (κ2) is 7.49. The molecule has 4 rings (SSSR count). The summed E-state index contributed by atoms with van der Waals surface area (Å²) in [7, 11) is -1.05. The van der Waals surface area contributed by atoms with Crippen LogP contribution in [0.1, 0.15) is 35.1 Å². The number of H-pyrrole nitrogens is 1. The lowest BCUT2D eigenvalue weighted by Gasteiger charge is -2.23. The maximum Gasteiger partial charge on any atom is 0.254 e. The predicted octanol–water partition coefficient (Wildman–Crippen LogP) is 2.46. The highest BCUT2D eigenvalue weighted by Gasteiger charge is 2.33. The van der Waals surface area contributed by atoms with Gasteiger partial charge in [-0.1, -0.05) is 12.1 Å². The van der Waals surface area contributed by atoms with E-state index in [1.807, 2.05) is 24.3 Å². The van der Waals surface area contributed by atoms with Crippen molar-refractivity contribution >= 4 is 27.0 Å². The van der Waals surface area contributed by atoms with Crippen molar-refractivity contribution in [2.45, 2.75) is 23.8 Å². The van der Waals surface area contributed by atoms with E-state index in [9.17, 15) is 13.2 Å². The average molecular weight is 414 g/mol. The van der Waals surface area contributed by atoms with Gasteiger partial charge in [0.1, 0.15) is 16.5 Å². The topological polar surface area (TPSA) is 104 Å². The van der Waals surface area contributed by atoms with Gasteiger partial charge in [0.25, 0.3) is 5.91 Å². The van der Waals surface area contributed by atoms with Crippen molar-refractivity contribution in [3.8, 4) is 5.75 Å². The summed E-state index contributed by atoms with van der Waals surface area (Å²) >= 11 is 0. The van der Waals surface area contributed by atoms with Crippen molar-refractivity contribution in [3.63, 3.8) is 0 Å². The molecule has 0 aliphatic carbocycles. The Labute approximate surface area is 168 Å². The number of aromatic nitrogens is 2. The zero-order chi connectivity index (χ0) is 20.6. The fourth-order valence-electron chi connectivity index (χ4n) is 3.72. The number of fused-ring (bicyclic) bond motifs is 1. The third-order valence-corrected chi connectivity index (χ3v) is 6.64. The molecule has 1 fully saturated rings. The molecule has 0 spiro atoms. The number of para-hydroxylation sites is 2. The molecule has 2 N–H and O–H groups in total. The van der Waals surface area contributed by atoms with Crippen LogP contribution in [0.5, 0.6) is 5.75 Å². The first kappa shape index (κ1) is 19.4. The Bertz CT molecular complexity index is 1140. The highest BCUT2D eigenvalue weighted by molar-refractivity contribution is 7.89. The first-order chi connectivity index (χ1) is 13.9. The summed E-state index contributed by atoms with van der Waals surface area (Å²) in [6.45, 7) is 0.584.